The number of rotatable bonds is 19. The highest BCUT2D eigenvalue weighted by molar-refractivity contribution is 6.07. The number of esters is 1. The summed E-state index contributed by atoms with van der Waals surface area (Å²) in [4.78, 5) is 90.6. The van der Waals surface area contributed by atoms with Crippen molar-refractivity contribution in [3.63, 3.8) is 0 Å². The molecule has 4 heterocycles. The Bertz CT molecular complexity index is 2980. The molecule has 0 bridgehead atoms. The quantitative estimate of drug-likeness (QED) is 0.0468. The molecule has 0 radical (unpaired) electrons. The Morgan fingerprint density at radius 1 is 0.703 bits per heavy atom. The third-order valence-electron chi connectivity index (χ3n) is 12.7. The highest BCUT2D eigenvalue weighted by atomic mass is 16.5. The fourth-order valence-corrected chi connectivity index (χ4v) is 8.73. The average molecular weight is 1010 g/mol. The third kappa shape index (κ3) is 11.3. The number of nitrogens with zero attached hydrogens (tertiary/aromatic N) is 4. The van der Waals surface area contributed by atoms with E-state index in [-0.39, 0.29) is 49.6 Å². The minimum Gasteiger partial charge on any atom is -0.493 e. The van der Waals surface area contributed by atoms with Crippen LogP contribution in [0.3, 0.4) is 0 Å². The Balaban J connectivity index is 0.842. The number of carbonyl (C=O) groups excluding carboxylic acids is 6. The number of aliphatic imine (C=N–C) groups is 2. The van der Waals surface area contributed by atoms with Gasteiger partial charge in [-0.1, -0.05) is 50.8 Å². The van der Waals surface area contributed by atoms with Gasteiger partial charge in [-0.2, -0.15) is 0 Å². The van der Waals surface area contributed by atoms with Gasteiger partial charge in [-0.3, -0.25) is 29.2 Å². The van der Waals surface area contributed by atoms with Gasteiger partial charge in [-0.15, -0.1) is 0 Å². The first kappa shape index (κ1) is 51.6. The van der Waals surface area contributed by atoms with E-state index in [1.807, 2.05) is 30.5 Å². The van der Waals surface area contributed by atoms with Crippen molar-refractivity contribution in [3.8, 4) is 23.0 Å². The maximum absolute atomic E-state index is 14.1. The molecule has 4 atom stereocenters. The van der Waals surface area contributed by atoms with Crippen LogP contribution in [0.1, 0.15) is 82.2 Å². The number of nitrogens with one attached hydrogen (secondary N) is 3. The molecule has 74 heavy (non-hydrogen) atoms. The van der Waals surface area contributed by atoms with E-state index in [0.29, 0.717) is 76.0 Å². The van der Waals surface area contributed by atoms with Gasteiger partial charge in [0.15, 0.2) is 23.0 Å². The number of anilines is 1. The first-order valence-corrected chi connectivity index (χ1v) is 24.0. The predicted molar refractivity (Wildman–Crippen MR) is 277 cm³/mol. The van der Waals surface area contributed by atoms with Gasteiger partial charge in [0.05, 0.1) is 74.7 Å². The number of alkyl carbamates (subject to hydrolysis) is 1. The number of ether oxygens (including phenoxy) is 6. The van der Waals surface area contributed by atoms with Gasteiger partial charge in [-0.05, 0) is 71.5 Å². The van der Waals surface area contributed by atoms with Crippen LogP contribution >= 0.6 is 0 Å². The van der Waals surface area contributed by atoms with Crippen molar-refractivity contribution in [2.75, 3.05) is 46.5 Å². The van der Waals surface area contributed by atoms with Gasteiger partial charge < -0.3 is 54.2 Å². The van der Waals surface area contributed by atoms with Gasteiger partial charge in [0, 0.05) is 61.9 Å². The van der Waals surface area contributed by atoms with Crippen LogP contribution in [0.2, 0.25) is 0 Å². The maximum atomic E-state index is 14.1. The Hall–Kier alpha value is -8.74. The van der Waals surface area contributed by atoms with E-state index in [1.54, 1.807) is 97.7 Å². The van der Waals surface area contributed by atoms with Crippen LogP contribution in [-0.2, 0) is 19.1 Å². The highest BCUT2D eigenvalue weighted by Gasteiger charge is 2.36. The van der Waals surface area contributed by atoms with Gasteiger partial charge in [0.25, 0.3) is 11.8 Å². The number of fused-ring (bicyclic) bond motifs is 4. The smallest absolute Gasteiger partial charge is 0.408 e. The lowest BCUT2D eigenvalue weighted by atomic mass is 10.0. The minimum atomic E-state index is -0.922. The SMILES string of the molecule is C=CCOC(=O)N[C@H](C(=O)N[C@@H](C)C(=O)Nc1ccc(C2=CN3C(=O)c4cc(OC)c(OCCCOc5cc6c(cc5OC)C(=O)N5C=C(c7ccc(C(=O)OC)cc7)C[C@H]5C=N6)cc4N=C[C@@H]3C2)cc1)C(C)C. The summed E-state index contributed by atoms with van der Waals surface area (Å²) < 4.78 is 33.4. The maximum Gasteiger partial charge on any atom is 0.408 e. The van der Waals surface area contributed by atoms with Crippen molar-refractivity contribution in [2.45, 2.75) is 64.2 Å². The summed E-state index contributed by atoms with van der Waals surface area (Å²) in [7, 11) is 4.34. The second kappa shape index (κ2) is 22.8. The molecule has 0 unspecified atom stereocenters. The van der Waals surface area contributed by atoms with Crippen LogP contribution in [0.15, 0.2) is 108 Å². The van der Waals surface area contributed by atoms with Crippen LogP contribution in [0.4, 0.5) is 21.9 Å². The zero-order valence-electron chi connectivity index (χ0n) is 41.8. The van der Waals surface area contributed by atoms with Gasteiger partial charge >= 0.3 is 12.1 Å². The molecule has 384 valence electrons. The van der Waals surface area contributed by atoms with E-state index in [4.69, 9.17) is 33.4 Å². The van der Waals surface area contributed by atoms with Crippen molar-refractivity contribution in [2.24, 2.45) is 15.9 Å². The van der Waals surface area contributed by atoms with Crippen molar-refractivity contribution >= 4 is 76.3 Å². The molecule has 3 N–H and O–H groups in total. The molecular formula is C55H57N7O12. The number of carbonyl (C=O) groups is 6. The summed E-state index contributed by atoms with van der Waals surface area (Å²) in [5.41, 5.74) is 6.11. The van der Waals surface area contributed by atoms with Crippen molar-refractivity contribution < 1.29 is 57.2 Å². The van der Waals surface area contributed by atoms with Crippen LogP contribution in [-0.4, -0.2) is 123 Å². The molecule has 0 spiro atoms. The lowest BCUT2D eigenvalue weighted by Crippen LogP contribution is -2.53. The predicted octanol–water partition coefficient (Wildman–Crippen LogP) is 7.66. The molecule has 5 amide bonds. The van der Waals surface area contributed by atoms with E-state index in [9.17, 15) is 28.8 Å². The Morgan fingerprint density at radius 3 is 1.69 bits per heavy atom. The number of amides is 5. The molecule has 0 saturated heterocycles. The first-order chi connectivity index (χ1) is 35.7. The third-order valence-corrected chi connectivity index (χ3v) is 12.7. The molecule has 4 aliphatic heterocycles. The molecule has 4 aromatic rings. The average Bonchev–Trinajstić information content (AvgIpc) is 3.99. The fraction of sp³-hybridized carbons (Fsp3) is 0.309. The zero-order chi connectivity index (χ0) is 52.6. The minimum absolute atomic E-state index is 0.00874. The van der Waals surface area contributed by atoms with Gasteiger partial charge in [-0.25, -0.2) is 9.59 Å². The van der Waals surface area contributed by atoms with Crippen LogP contribution < -0.4 is 34.9 Å². The molecule has 19 nitrogen and oxygen atoms in total. The van der Waals surface area contributed by atoms with Crippen molar-refractivity contribution in [1.29, 1.82) is 0 Å². The Morgan fingerprint density at radius 2 is 1.22 bits per heavy atom. The first-order valence-electron chi connectivity index (χ1n) is 24.0. The number of methoxy groups -OCH3 is 3. The number of benzene rings is 4. The summed E-state index contributed by atoms with van der Waals surface area (Å²) in [6, 6.07) is 18.4. The molecule has 0 saturated carbocycles. The monoisotopic (exact) mass is 1010 g/mol. The molecule has 4 aliphatic rings. The summed E-state index contributed by atoms with van der Waals surface area (Å²) in [5.74, 6) is -0.616. The Kier molecular flexibility index (Phi) is 15.9. The van der Waals surface area contributed by atoms with Crippen LogP contribution in [0.5, 0.6) is 23.0 Å². The summed E-state index contributed by atoms with van der Waals surface area (Å²) in [5, 5.41) is 7.99. The molecular weight excluding hydrogens is 951 g/mol. The number of hydrogen-bond acceptors (Lipinski definition) is 14. The summed E-state index contributed by atoms with van der Waals surface area (Å²) in [6.07, 6.45) is 9.26. The lowest BCUT2D eigenvalue weighted by molar-refractivity contribution is -0.128. The van der Waals surface area contributed by atoms with E-state index < -0.39 is 36.0 Å². The molecule has 19 heteroatoms. The van der Waals surface area contributed by atoms with Gasteiger partial charge in [0.2, 0.25) is 11.8 Å². The molecule has 0 aromatic heterocycles. The summed E-state index contributed by atoms with van der Waals surface area (Å²) >= 11 is 0. The molecule has 8 rings (SSSR count). The zero-order valence-corrected chi connectivity index (χ0v) is 41.8. The van der Waals surface area contributed by atoms with Crippen molar-refractivity contribution in [1.82, 2.24) is 20.4 Å². The topological polar surface area (TPSA) is 225 Å². The normalized spacial score (nSPS) is 17.0. The second-order valence-corrected chi connectivity index (χ2v) is 18.0. The Labute approximate surface area is 427 Å². The number of hydrogen-bond donors (Lipinski definition) is 3. The van der Waals surface area contributed by atoms with E-state index in [0.717, 1.165) is 22.3 Å². The molecule has 0 aliphatic carbocycles. The molecule has 0 fully saturated rings. The second-order valence-electron chi connectivity index (χ2n) is 18.0. The largest absolute Gasteiger partial charge is 0.493 e. The van der Waals surface area contributed by atoms with Crippen LogP contribution in [0, 0.1) is 5.92 Å². The standard InChI is InChI=1S/C55H57N7O12/c1-8-18-74-55(68)60-49(31(2)3)51(64)58-32(4)50(63)59-38-16-14-34(15-17-38)37-22-40-28-57-44-26-48(46(70-6)24-42(44)53(66)62(40)30-37)73-20-9-19-72-47-25-43-41(23-45(47)69-5)52(65)61-29-36(21-39(61)27-56-43)33-10-12-35(13-11-33)54(67)71-7/h8,10-17,23-32,39-40,49H,1,9,18-22H2,2-7H3,(H,58,64)(H,59,63)(H,60,68)/t32-,39-,40-,49-/m0/s1. The van der Waals surface area contributed by atoms with Crippen LogP contribution in [0.25, 0.3) is 11.1 Å². The fourth-order valence-electron chi connectivity index (χ4n) is 8.73. The summed E-state index contributed by atoms with van der Waals surface area (Å²) in [6.45, 7) is 9.04. The van der Waals surface area contributed by atoms with E-state index >= 15 is 0 Å². The lowest BCUT2D eigenvalue weighted by Gasteiger charge is -2.23. The van der Waals surface area contributed by atoms with E-state index in [1.165, 1.54) is 27.4 Å². The van der Waals surface area contributed by atoms with E-state index in [2.05, 4.69) is 27.5 Å². The van der Waals surface area contributed by atoms with Gasteiger partial charge in [0.1, 0.15) is 18.7 Å². The van der Waals surface area contributed by atoms with Crippen molar-refractivity contribution in [3.05, 3.63) is 126 Å². The highest BCUT2D eigenvalue weighted by Crippen LogP contribution is 2.42. The molecule has 4 aromatic carbocycles.